The molecule has 10 heteroatoms. The molecule has 0 aliphatic heterocycles. The number of esters is 1. The van der Waals surface area contributed by atoms with Gasteiger partial charge in [-0.1, -0.05) is 0 Å². The molecule has 1 atom stereocenters. The van der Waals surface area contributed by atoms with Crippen LogP contribution in [0.4, 0.5) is 10.5 Å². The summed E-state index contributed by atoms with van der Waals surface area (Å²) in [4.78, 5) is 43.9. The number of amides is 3. The number of nitrogens with two attached hydrogens (primary N) is 1. The number of methoxy groups -OCH3 is 1. The Hall–Kier alpha value is -3.17. The zero-order chi connectivity index (χ0) is 16.9. The lowest BCUT2D eigenvalue weighted by atomic mass is 10.2. The third kappa shape index (κ3) is 4.16. The minimum atomic E-state index is -1.30. The van der Waals surface area contributed by atoms with Crippen LogP contribution < -0.4 is 15.8 Å². The Morgan fingerprint density at radius 1 is 1.36 bits per heavy atom. The molecule has 1 aromatic rings. The van der Waals surface area contributed by atoms with E-state index in [0.29, 0.717) is 0 Å². The van der Waals surface area contributed by atoms with E-state index in [2.05, 4.69) is 0 Å². The van der Waals surface area contributed by atoms with Crippen LogP contribution in [0.25, 0.3) is 0 Å². The van der Waals surface area contributed by atoms with Gasteiger partial charge in [0.15, 0.2) is 11.9 Å². The molecule has 0 saturated heterocycles. The normalized spacial score (nSPS) is 11.2. The molecule has 0 saturated carbocycles. The number of nitro benzene ring substituents is 1. The Morgan fingerprint density at radius 3 is 2.50 bits per heavy atom. The highest BCUT2D eigenvalue weighted by molar-refractivity contribution is 5.98. The average molecular weight is 311 g/mol. The molecule has 0 heterocycles. The van der Waals surface area contributed by atoms with Gasteiger partial charge in [0.1, 0.15) is 0 Å². The topological polar surface area (TPSA) is 151 Å². The summed E-state index contributed by atoms with van der Waals surface area (Å²) in [5.41, 5.74) is 4.19. The van der Waals surface area contributed by atoms with Crippen molar-refractivity contribution in [1.29, 1.82) is 0 Å². The molecule has 118 valence electrons. The lowest BCUT2D eigenvalue weighted by Crippen LogP contribution is -2.42. The van der Waals surface area contributed by atoms with Crippen molar-refractivity contribution in [2.45, 2.75) is 13.0 Å². The van der Waals surface area contributed by atoms with Crippen molar-refractivity contribution in [3.05, 3.63) is 33.9 Å². The Morgan fingerprint density at radius 2 is 2.00 bits per heavy atom. The summed E-state index contributed by atoms with van der Waals surface area (Å²) in [5, 5.41) is 12.6. The van der Waals surface area contributed by atoms with E-state index in [4.69, 9.17) is 15.2 Å². The molecule has 0 aromatic heterocycles. The van der Waals surface area contributed by atoms with E-state index >= 15 is 0 Å². The fourth-order valence-electron chi connectivity index (χ4n) is 1.46. The van der Waals surface area contributed by atoms with Crippen molar-refractivity contribution >= 4 is 23.6 Å². The number of hydrogen-bond acceptors (Lipinski definition) is 7. The summed E-state index contributed by atoms with van der Waals surface area (Å²) < 4.78 is 9.58. The molecule has 0 radical (unpaired) electrons. The molecular weight excluding hydrogens is 298 g/mol. The van der Waals surface area contributed by atoms with E-state index in [1.807, 2.05) is 0 Å². The van der Waals surface area contributed by atoms with E-state index in [9.17, 15) is 24.5 Å². The van der Waals surface area contributed by atoms with Gasteiger partial charge in [-0.05, 0) is 19.1 Å². The van der Waals surface area contributed by atoms with Crippen LogP contribution in [0.1, 0.15) is 17.3 Å². The summed E-state index contributed by atoms with van der Waals surface area (Å²) in [6, 6.07) is 2.34. The van der Waals surface area contributed by atoms with Crippen LogP contribution >= 0.6 is 0 Å². The van der Waals surface area contributed by atoms with Gasteiger partial charge >= 0.3 is 17.7 Å². The van der Waals surface area contributed by atoms with Gasteiger partial charge in [-0.3, -0.25) is 20.2 Å². The number of rotatable bonds is 5. The quantitative estimate of drug-likeness (QED) is 0.452. The minimum absolute atomic E-state index is 0.0268. The van der Waals surface area contributed by atoms with Crippen LogP contribution in [0.15, 0.2) is 18.2 Å². The molecular formula is C12H13N3O7. The van der Waals surface area contributed by atoms with Crippen molar-refractivity contribution < 1.29 is 28.8 Å². The van der Waals surface area contributed by atoms with Crippen LogP contribution in [0.3, 0.4) is 0 Å². The van der Waals surface area contributed by atoms with Gasteiger partial charge in [-0.15, -0.1) is 0 Å². The maximum atomic E-state index is 11.8. The van der Waals surface area contributed by atoms with Crippen molar-refractivity contribution in [3.8, 4) is 5.75 Å². The van der Waals surface area contributed by atoms with Crippen LogP contribution in [0, 0.1) is 10.1 Å². The lowest BCUT2D eigenvalue weighted by Gasteiger charge is -2.12. The molecule has 0 aliphatic carbocycles. The first-order chi connectivity index (χ1) is 10.3. The second kappa shape index (κ2) is 7.02. The van der Waals surface area contributed by atoms with Gasteiger partial charge in [0, 0.05) is 6.07 Å². The number of nitrogens with one attached hydrogen (secondary N) is 1. The van der Waals surface area contributed by atoms with Gasteiger partial charge in [-0.25, -0.2) is 9.59 Å². The third-order valence-corrected chi connectivity index (χ3v) is 2.51. The third-order valence-electron chi connectivity index (χ3n) is 2.51. The van der Waals surface area contributed by atoms with E-state index in [1.165, 1.54) is 26.2 Å². The number of ether oxygens (including phenoxy) is 2. The fourth-order valence-corrected chi connectivity index (χ4v) is 1.46. The van der Waals surface area contributed by atoms with Crippen LogP contribution in [0.2, 0.25) is 0 Å². The summed E-state index contributed by atoms with van der Waals surface area (Å²) >= 11 is 0. The van der Waals surface area contributed by atoms with Gasteiger partial charge < -0.3 is 15.2 Å². The molecule has 0 unspecified atom stereocenters. The number of benzene rings is 1. The van der Waals surface area contributed by atoms with Gasteiger partial charge in [-0.2, -0.15) is 0 Å². The summed E-state index contributed by atoms with van der Waals surface area (Å²) in [6.45, 7) is 1.22. The zero-order valence-corrected chi connectivity index (χ0v) is 11.7. The van der Waals surface area contributed by atoms with Crippen LogP contribution in [0.5, 0.6) is 5.75 Å². The largest absolute Gasteiger partial charge is 0.490 e. The van der Waals surface area contributed by atoms with Gasteiger partial charge in [0.25, 0.3) is 5.91 Å². The highest BCUT2D eigenvalue weighted by atomic mass is 16.6. The van der Waals surface area contributed by atoms with Crippen molar-refractivity contribution in [2.24, 2.45) is 5.73 Å². The molecule has 0 aliphatic rings. The number of hydrogen-bond donors (Lipinski definition) is 2. The number of urea groups is 1. The summed E-state index contributed by atoms with van der Waals surface area (Å²) in [5.74, 6) is -1.91. The number of carbonyl (C=O) groups is 3. The van der Waals surface area contributed by atoms with Crippen molar-refractivity contribution in [1.82, 2.24) is 5.32 Å². The fraction of sp³-hybridized carbons (Fsp3) is 0.250. The predicted octanol–water partition coefficient (Wildman–Crippen LogP) is 0.344. The first-order valence-electron chi connectivity index (χ1n) is 5.90. The Kier molecular flexibility index (Phi) is 5.38. The number of nitro groups is 1. The SMILES string of the molecule is COc1ccc(C(=O)O[C@@H](C)C(=O)NC(N)=O)cc1[N+](=O)[O-]. The smallest absolute Gasteiger partial charge is 0.339 e. The predicted molar refractivity (Wildman–Crippen MR) is 72.3 cm³/mol. The Bertz CT molecular complexity index is 629. The Balaban J connectivity index is 2.90. The molecule has 3 amide bonds. The maximum Gasteiger partial charge on any atom is 0.339 e. The molecule has 0 spiro atoms. The average Bonchev–Trinajstić information content (AvgIpc) is 2.45. The highest BCUT2D eigenvalue weighted by Gasteiger charge is 2.23. The van der Waals surface area contributed by atoms with E-state index in [1.54, 1.807) is 5.32 Å². The molecule has 10 nitrogen and oxygen atoms in total. The summed E-state index contributed by atoms with van der Waals surface area (Å²) in [6.07, 6.45) is -1.30. The zero-order valence-electron chi connectivity index (χ0n) is 11.7. The van der Waals surface area contributed by atoms with Crippen molar-refractivity contribution in [2.75, 3.05) is 7.11 Å². The Labute approximate surface area is 124 Å². The van der Waals surface area contributed by atoms with Crippen LogP contribution in [-0.4, -0.2) is 36.0 Å². The molecule has 3 N–H and O–H groups in total. The molecule has 1 aromatic carbocycles. The standard InChI is InChI=1S/C12H13N3O7/c1-6(10(16)14-12(13)18)22-11(17)7-3-4-9(21-2)8(5-7)15(19)20/h3-6H,1-2H3,(H3,13,14,16,18)/t6-/m0/s1. The monoisotopic (exact) mass is 311 g/mol. The number of carbonyl (C=O) groups excluding carboxylic acids is 3. The van der Waals surface area contributed by atoms with E-state index in [0.717, 1.165) is 6.07 Å². The highest BCUT2D eigenvalue weighted by Crippen LogP contribution is 2.27. The molecule has 0 fully saturated rings. The lowest BCUT2D eigenvalue weighted by molar-refractivity contribution is -0.385. The van der Waals surface area contributed by atoms with Gasteiger partial charge in [0.2, 0.25) is 0 Å². The second-order valence-corrected chi connectivity index (χ2v) is 4.04. The number of nitrogens with zero attached hydrogens (tertiary/aromatic N) is 1. The van der Waals surface area contributed by atoms with Crippen LogP contribution in [-0.2, 0) is 9.53 Å². The molecule has 22 heavy (non-hydrogen) atoms. The first-order valence-corrected chi connectivity index (χ1v) is 5.90. The molecule has 0 bridgehead atoms. The minimum Gasteiger partial charge on any atom is -0.490 e. The van der Waals surface area contributed by atoms with Crippen molar-refractivity contribution in [3.63, 3.8) is 0 Å². The first kappa shape index (κ1) is 16.9. The van der Waals surface area contributed by atoms with Gasteiger partial charge in [0.05, 0.1) is 17.6 Å². The number of primary amides is 1. The maximum absolute atomic E-state index is 11.8. The second-order valence-electron chi connectivity index (χ2n) is 4.04. The van der Waals surface area contributed by atoms with E-state index < -0.39 is 34.6 Å². The summed E-state index contributed by atoms with van der Waals surface area (Å²) in [7, 11) is 1.25. The molecule has 1 rings (SSSR count). The number of imide groups is 1. The van der Waals surface area contributed by atoms with E-state index in [-0.39, 0.29) is 11.3 Å².